The summed E-state index contributed by atoms with van der Waals surface area (Å²) in [6.07, 6.45) is 4.34. The molecule has 5 heteroatoms. The first-order valence-electron chi connectivity index (χ1n) is 8.92. The summed E-state index contributed by atoms with van der Waals surface area (Å²) in [5, 5.41) is 0. The number of anilines is 1. The Kier molecular flexibility index (Phi) is 4.72. The Labute approximate surface area is 157 Å². The summed E-state index contributed by atoms with van der Waals surface area (Å²) >= 11 is 1.60. The van der Waals surface area contributed by atoms with Crippen LogP contribution in [0.3, 0.4) is 0 Å². The molecular formula is C21H21NO3S. The van der Waals surface area contributed by atoms with Crippen molar-refractivity contribution in [2.45, 2.75) is 30.6 Å². The van der Waals surface area contributed by atoms with Crippen molar-refractivity contribution < 1.29 is 14.3 Å². The number of thioether (sulfide) groups is 1. The molecule has 0 aromatic heterocycles. The fourth-order valence-electron chi connectivity index (χ4n) is 3.77. The van der Waals surface area contributed by atoms with Crippen molar-refractivity contribution in [3.8, 4) is 0 Å². The second kappa shape index (κ2) is 7.16. The highest BCUT2D eigenvalue weighted by Crippen LogP contribution is 2.31. The summed E-state index contributed by atoms with van der Waals surface area (Å²) in [5.74, 6) is 0.196. The first-order valence-corrected chi connectivity index (χ1v) is 9.90. The molecule has 0 saturated heterocycles. The monoisotopic (exact) mass is 367 g/mol. The molecule has 0 radical (unpaired) electrons. The van der Waals surface area contributed by atoms with Crippen molar-refractivity contribution in [3.05, 3.63) is 58.7 Å². The van der Waals surface area contributed by atoms with Crippen LogP contribution in [-0.2, 0) is 28.8 Å². The van der Waals surface area contributed by atoms with E-state index in [4.69, 9.17) is 4.74 Å². The Morgan fingerprint density at radius 2 is 1.88 bits per heavy atom. The van der Waals surface area contributed by atoms with Gasteiger partial charge in [0, 0.05) is 17.1 Å². The van der Waals surface area contributed by atoms with Crippen LogP contribution >= 0.6 is 11.8 Å². The Morgan fingerprint density at radius 3 is 2.73 bits per heavy atom. The first-order chi connectivity index (χ1) is 12.7. The second-order valence-corrected chi connectivity index (χ2v) is 7.75. The maximum absolute atomic E-state index is 12.7. The van der Waals surface area contributed by atoms with Gasteiger partial charge >= 0.3 is 5.97 Å². The Hall–Kier alpha value is -2.27. The minimum Gasteiger partial charge on any atom is -0.465 e. The Bertz CT molecular complexity index is 878. The van der Waals surface area contributed by atoms with E-state index in [0.717, 1.165) is 24.1 Å². The molecule has 0 fully saturated rings. The van der Waals surface area contributed by atoms with E-state index < -0.39 is 0 Å². The molecule has 4 nitrogen and oxygen atoms in total. The standard InChI is InChI=1S/C21H21NO3S/c1-25-21(24)17-6-8-19-16(11-17)9-10-22(19)20(23)13-26-18-7-5-14-3-2-4-15(14)12-18/h5-8,11-12H,2-4,9-10,13H2,1H3. The molecule has 0 N–H and O–H groups in total. The highest BCUT2D eigenvalue weighted by atomic mass is 32.2. The van der Waals surface area contributed by atoms with Gasteiger partial charge in [-0.15, -0.1) is 11.8 Å². The largest absolute Gasteiger partial charge is 0.465 e. The van der Waals surface area contributed by atoms with Crippen LogP contribution in [0.2, 0.25) is 0 Å². The van der Waals surface area contributed by atoms with E-state index in [0.29, 0.717) is 17.9 Å². The summed E-state index contributed by atoms with van der Waals surface area (Å²) in [5.41, 5.74) is 5.37. The lowest BCUT2D eigenvalue weighted by Crippen LogP contribution is -2.30. The van der Waals surface area contributed by atoms with Crippen molar-refractivity contribution in [2.24, 2.45) is 0 Å². The van der Waals surface area contributed by atoms with E-state index in [1.807, 2.05) is 17.0 Å². The van der Waals surface area contributed by atoms with Gasteiger partial charge in [-0.05, 0) is 72.7 Å². The highest BCUT2D eigenvalue weighted by molar-refractivity contribution is 8.00. The van der Waals surface area contributed by atoms with Crippen molar-refractivity contribution >= 4 is 29.3 Å². The van der Waals surface area contributed by atoms with Crippen molar-refractivity contribution in [3.63, 3.8) is 0 Å². The van der Waals surface area contributed by atoms with Crippen LogP contribution in [0.1, 0.15) is 33.5 Å². The number of hydrogen-bond acceptors (Lipinski definition) is 4. The SMILES string of the molecule is COC(=O)c1ccc2c(c1)CCN2C(=O)CSc1ccc2c(c1)CCC2. The lowest BCUT2D eigenvalue weighted by atomic mass is 10.1. The van der Waals surface area contributed by atoms with Gasteiger partial charge in [-0.1, -0.05) is 6.07 Å². The average molecular weight is 367 g/mol. The second-order valence-electron chi connectivity index (χ2n) is 6.70. The van der Waals surface area contributed by atoms with Crippen LogP contribution in [0.15, 0.2) is 41.3 Å². The fourth-order valence-corrected chi connectivity index (χ4v) is 4.60. The Morgan fingerprint density at radius 1 is 1.04 bits per heavy atom. The molecule has 0 bridgehead atoms. The molecular weight excluding hydrogens is 346 g/mol. The van der Waals surface area contributed by atoms with Gasteiger partial charge in [-0.25, -0.2) is 4.79 Å². The normalized spacial score (nSPS) is 14.9. The van der Waals surface area contributed by atoms with Gasteiger partial charge in [0.05, 0.1) is 18.4 Å². The summed E-state index contributed by atoms with van der Waals surface area (Å²) in [6.45, 7) is 0.670. The van der Waals surface area contributed by atoms with Crippen LogP contribution in [-0.4, -0.2) is 31.3 Å². The maximum atomic E-state index is 12.7. The van der Waals surface area contributed by atoms with E-state index in [9.17, 15) is 9.59 Å². The van der Waals surface area contributed by atoms with Gasteiger partial charge in [0.2, 0.25) is 5.91 Å². The van der Waals surface area contributed by atoms with E-state index in [2.05, 4.69) is 18.2 Å². The summed E-state index contributed by atoms with van der Waals surface area (Å²) < 4.78 is 4.77. The number of esters is 1. The smallest absolute Gasteiger partial charge is 0.337 e. The molecule has 4 rings (SSSR count). The van der Waals surface area contributed by atoms with Gasteiger partial charge in [0.15, 0.2) is 0 Å². The molecule has 2 aromatic carbocycles. The molecule has 134 valence electrons. The quantitative estimate of drug-likeness (QED) is 0.611. The highest BCUT2D eigenvalue weighted by Gasteiger charge is 2.25. The molecule has 0 saturated carbocycles. The number of carbonyl (C=O) groups is 2. The number of fused-ring (bicyclic) bond motifs is 2. The number of hydrogen-bond donors (Lipinski definition) is 0. The maximum Gasteiger partial charge on any atom is 0.337 e. The summed E-state index contributed by atoms with van der Waals surface area (Å²) in [6, 6.07) is 12.0. The molecule has 1 amide bonds. The third-order valence-corrected chi connectivity index (χ3v) is 6.11. The molecule has 1 heterocycles. The lowest BCUT2D eigenvalue weighted by Gasteiger charge is -2.17. The molecule has 2 aliphatic rings. The van der Waals surface area contributed by atoms with Gasteiger partial charge in [0.1, 0.15) is 0 Å². The van der Waals surface area contributed by atoms with Gasteiger partial charge in [-0.3, -0.25) is 4.79 Å². The topological polar surface area (TPSA) is 46.6 Å². The molecule has 26 heavy (non-hydrogen) atoms. The number of benzene rings is 2. The van der Waals surface area contributed by atoms with Crippen LogP contribution in [0.4, 0.5) is 5.69 Å². The Balaban J connectivity index is 1.43. The number of nitrogens with zero attached hydrogens (tertiary/aromatic N) is 1. The molecule has 0 spiro atoms. The summed E-state index contributed by atoms with van der Waals surface area (Å²) in [7, 11) is 1.38. The average Bonchev–Trinajstić information content (AvgIpc) is 3.31. The number of rotatable bonds is 4. The zero-order valence-corrected chi connectivity index (χ0v) is 15.6. The molecule has 1 aliphatic heterocycles. The van der Waals surface area contributed by atoms with Crippen LogP contribution in [0.5, 0.6) is 0 Å². The number of amides is 1. The molecule has 0 atom stereocenters. The summed E-state index contributed by atoms with van der Waals surface area (Å²) in [4.78, 5) is 27.4. The lowest BCUT2D eigenvalue weighted by molar-refractivity contribution is -0.116. The fraction of sp³-hybridized carbons (Fsp3) is 0.333. The van der Waals surface area contributed by atoms with E-state index >= 15 is 0 Å². The van der Waals surface area contributed by atoms with Gasteiger partial charge in [0.25, 0.3) is 0 Å². The number of aryl methyl sites for hydroxylation is 2. The predicted octanol–water partition coefficient (Wildman–Crippen LogP) is 3.64. The number of carbonyl (C=O) groups excluding carboxylic acids is 2. The zero-order chi connectivity index (χ0) is 18.1. The van der Waals surface area contributed by atoms with Crippen LogP contribution < -0.4 is 4.90 Å². The third kappa shape index (κ3) is 3.23. The molecule has 1 aliphatic carbocycles. The number of methoxy groups -OCH3 is 1. The minimum absolute atomic E-state index is 0.111. The van der Waals surface area contributed by atoms with Crippen molar-refractivity contribution in [1.82, 2.24) is 0 Å². The van der Waals surface area contributed by atoms with Crippen molar-refractivity contribution in [2.75, 3.05) is 24.3 Å². The van der Waals surface area contributed by atoms with Gasteiger partial charge < -0.3 is 9.64 Å². The molecule has 2 aromatic rings. The van der Waals surface area contributed by atoms with Crippen LogP contribution in [0.25, 0.3) is 0 Å². The van der Waals surface area contributed by atoms with E-state index in [1.54, 1.807) is 17.8 Å². The van der Waals surface area contributed by atoms with Gasteiger partial charge in [-0.2, -0.15) is 0 Å². The van der Waals surface area contributed by atoms with Crippen molar-refractivity contribution in [1.29, 1.82) is 0 Å². The zero-order valence-electron chi connectivity index (χ0n) is 14.8. The van der Waals surface area contributed by atoms with Crippen LogP contribution in [0, 0.1) is 0 Å². The van der Waals surface area contributed by atoms with E-state index in [1.165, 1.54) is 36.0 Å². The number of ether oxygens (including phenoxy) is 1. The first kappa shape index (κ1) is 17.2. The third-order valence-electron chi connectivity index (χ3n) is 5.13. The molecule has 0 unspecified atom stereocenters. The predicted molar refractivity (Wildman–Crippen MR) is 103 cm³/mol. The van der Waals surface area contributed by atoms with E-state index in [-0.39, 0.29) is 11.9 Å². The minimum atomic E-state index is -0.343.